The second-order valence-electron chi connectivity index (χ2n) is 5.71. The molecular weight excluding hydrogens is 370 g/mol. The van der Waals surface area contributed by atoms with Crippen LogP contribution in [0, 0.1) is 10.1 Å². The molecule has 4 rings (SSSR count). The highest BCUT2D eigenvalue weighted by Gasteiger charge is 2.18. The number of anilines is 1. The topological polar surface area (TPSA) is 120 Å². The molecule has 0 unspecified atom stereocenters. The Hall–Kier alpha value is -3.66. The number of nitro groups is 1. The standard InChI is InChI=1S/C17H11N5O4S/c1-21-16(24)11-5-3-2-4-10(11)14(20-21)15(23)19-17-18-12-7-6-9(22(25)26)8-13(12)27-17/h2-8H,1H3,(H,18,19,23). The largest absolute Gasteiger partial charge is 0.296 e. The zero-order valence-electron chi connectivity index (χ0n) is 13.9. The summed E-state index contributed by atoms with van der Waals surface area (Å²) in [6.45, 7) is 0. The lowest BCUT2D eigenvalue weighted by molar-refractivity contribution is -0.384. The quantitative estimate of drug-likeness (QED) is 0.430. The molecule has 0 bridgehead atoms. The molecule has 27 heavy (non-hydrogen) atoms. The van der Waals surface area contributed by atoms with Gasteiger partial charge >= 0.3 is 0 Å². The van der Waals surface area contributed by atoms with Crippen LogP contribution in [0.1, 0.15) is 10.5 Å². The summed E-state index contributed by atoms with van der Waals surface area (Å²) in [5.74, 6) is -0.518. The van der Waals surface area contributed by atoms with Gasteiger partial charge in [0.2, 0.25) is 0 Å². The summed E-state index contributed by atoms with van der Waals surface area (Å²) in [5.41, 5.74) is 0.293. The van der Waals surface area contributed by atoms with E-state index in [0.717, 1.165) is 16.0 Å². The van der Waals surface area contributed by atoms with Crippen molar-refractivity contribution in [3.05, 3.63) is 68.6 Å². The van der Waals surface area contributed by atoms with Gasteiger partial charge in [0.25, 0.3) is 17.2 Å². The molecule has 4 aromatic rings. The molecule has 0 atom stereocenters. The number of aryl methyl sites for hydroxylation is 1. The Morgan fingerprint density at radius 3 is 2.70 bits per heavy atom. The van der Waals surface area contributed by atoms with Crippen LogP contribution in [0.3, 0.4) is 0 Å². The van der Waals surface area contributed by atoms with Crippen molar-refractivity contribution in [1.82, 2.24) is 14.8 Å². The maximum absolute atomic E-state index is 12.7. The minimum Gasteiger partial charge on any atom is -0.296 e. The molecule has 134 valence electrons. The molecule has 2 aromatic carbocycles. The third kappa shape index (κ3) is 2.91. The highest BCUT2D eigenvalue weighted by Crippen LogP contribution is 2.29. The van der Waals surface area contributed by atoms with Crippen molar-refractivity contribution in [2.45, 2.75) is 0 Å². The van der Waals surface area contributed by atoms with E-state index >= 15 is 0 Å². The smallest absolute Gasteiger partial charge is 0.278 e. The maximum Gasteiger partial charge on any atom is 0.278 e. The fourth-order valence-electron chi connectivity index (χ4n) is 2.70. The summed E-state index contributed by atoms with van der Waals surface area (Å²) < 4.78 is 1.69. The number of non-ortho nitro benzene ring substituents is 1. The predicted octanol–water partition coefficient (Wildman–Crippen LogP) is 2.70. The summed E-state index contributed by atoms with van der Waals surface area (Å²) in [6, 6.07) is 11.0. The highest BCUT2D eigenvalue weighted by molar-refractivity contribution is 7.22. The van der Waals surface area contributed by atoms with E-state index in [1.54, 1.807) is 24.3 Å². The Bertz CT molecular complexity index is 1290. The van der Waals surface area contributed by atoms with E-state index < -0.39 is 10.8 Å². The van der Waals surface area contributed by atoms with E-state index in [9.17, 15) is 19.7 Å². The van der Waals surface area contributed by atoms with Gasteiger partial charge in [-0.15, -0.1) is 0 Å². The predicted molar refractivity (Wildman–Crippen MR) is 101 cm³/mol. The summed E-state index contributed by atoms with van der Waals surface area (Å²) in [5, 5.41) is 18.7. The number of hydrogen-bond acceptors (Lipinski definition) is 7. The number of carbonyl (C=O) groups is 1. The van der Waals surface area contributed by atoms with Crippen LogP contribution in [-0.2, 0) is 7.05 Å². The average Bonchev–Trinajstić information content (AvgIpc) is 3.05. The van der Waals surface area contributed by atoms with E-state index in [1.165, 1.54) is 25.2 Å². The van der Waals surface area contributed by atoms with E-state index in [1.807, 2.05) is 0 Å². The number of rotatable bonds is 3. The van der Waals surface area contributed by atoms with Crippen LogP contribution in [0.4, 0.5) is 10.8 Å². The molecule has 2 heterocycles. The van der Waals surface area contributed by atoms with E-state index in [0.29, 0.717) is 21.0 Å². The van der Waals surface area contributed by atoms with Crippen LogP contribution in [0.2, 0.25) is 0 Å². The van der Waals surface area contributed by atoms with Gasteiger partial charge in [-0.3, -0.25) is 25.0 Å². The lowest BCUT2D eigenvalue weighted by Gasteiger charge is -2.07. The van der Waals surface area contributed by atoms with Gasteiger partial charge in [0, 0.05) is 24.6 Å². The number of thiazole rings is 1. The van der Waals surface area contributed by atoms with Gasteiger partial charge in [0.1, 0.15) is 0 Å². The van der Waals surface area contributed by atoms with Crippen LogP contribution >= 0.6 is 11.3 Å². The minimum absolute atomic E-state index is 0.0465. The first-order valence-electron chi connectivity index (χ1n) is 7.76. The van der Waals surface area contributed by atoms with Crippen LogP contribution in [0.15, 0.2) is 47.3 Å². The lowest BCUT2D eigenvalue weighted by atomic mass is 10.1. The second-order valence-corrected chi connectivity index (χ2v) is 6.74. The molecule has 0 aliphatic carbocycles. The van der Waals surface area contributed by atoms with Gasteiger partial charge in [-0.2, -0.15) is 5.10 Å². The molecule has 2 aromatic heterocycles. The molecule has 1 N–H and O–H groups in total. The fraction of sp³-hybridized carbons (Fsp3) is 0.0588. The number of nitrogens with one attached hydrogen (secondary N) is 1. The highest BCUT2D eigenvalue weighted by atomic mass is 32.1. The van der Waals surface area contributed by atoms with Gasteiger partial charge in [0.05, 0.1) is 20.5 Å². The number of amides is 1. The van der Waals surface area contributed by atoms with Crippen molar-refractivity contribution in [3.63, 3.8) is 0 Å². The summed E-state index contributed by atoms with van der Waals surface area (Å²) >= 11 is 1.12. The number of benzene rings is 2. The number of hydrogen-bond donors (Lipinski definition) is 1. The molecule has 9 nitrogen and oxygen atoms in total. The SMILES string of the molecule is Cn1nc(C(=O)Nc2nc3ccc([N+](=O)[O-])cc3s2)c2ccccc2c1=O. The van der Waals surface area contributed by atoms with E-state index in [4.69, 9.17) is 0 Å². The first-order chi connectivity index (χ1) is 12.9. The average molecular weight is 381 g/mol. The Morgan fingerprint density at radius 1 is 1.22 bits per heavy atom. The minimum atomic E-state index is -0.518. The van der Waals surface area contributed by atoms with Crippen molar-refractivity contribution in [2.75, 3.05) is 5.32 Å². The van der Waals surface area contributed by atoms with Gasteiger partial charge < -0.3 is 0 Å². The molecule has 0 aliphatic rings. The van der Waals surface area contributed by atoms with Crippen molar-refractivity contribution >= 4 is 49.1 Å². The molecule has 0 radical (unpaired) electrons. The Balaban J connectivity index is 1.74. The van der Waals surface area contributed by atoms with Crippen molar-refractivity contribution in [1.29, 1.82) is 0 Å². The molecule has 0 fully saturated rings. The Kier molecular flexibility index (Phi) is 3.89. The zero-order valence-corrected chi connectivity index (χ0v) is 14.7. The summed E-state index contributed by atoms with van der Waals surface area (Å²) in [7, 11) is 1.47. The number of fused-ring (bicyclic) bond motifs is 2. The van der Waals surface area contributed by atoms with Crippen LogP contribution in [-0.4, -0.2) is 25.6 Å². The van der Waals surface area contributed by atoms with Crippen LogP contribution in [0.25, 0.3) is 21.0 Å². The first-order valence-corrected chi connectivity index (χ1v) is 8.58. The molecule has 0 saturated heterocycles. The summed E-state index contributed by atoms with van der Waals surface area (Å²) in [6.07, 6.45) is 0. The molecule has 10 heteroatoms. The molecule has 0 spiro atoms. The maximum atomic E-state index is 12.7. The number of nitro benzene ring substituents is 1. The van der Waals surface area contributed by atoms with Gasteiger partial charge in [-0.05, 0) is 12.1 Å². The van der Waals surface area contributed by atoms with Gasteiger partial charge in [0.15, 0.2) is 10.8 Å². The Morgan fingerprint density at radius 2 is 1.96 bits per heavy atom. The zero-order chi connectivity index (χ0) is 19.1. The van der Waals surface area contributed by atoms with Crippen molar-refractivity contribution in [3.8, 4) is 0 Å². The van der Waals surface area contributed by atoms with E-state index in [-0.39, 0.29) is 22.1 Å². The van der Waals surface area contributed by atoms with E-state index in [2.05, 4.69) is 15.4 Å². The summed E-state index contributed by atoms with van der Waals surface area (Å²) in [4.78, 5) is 39.5. The molecule has 0 saturated carbocycles. The lowest BCUT2D eigenvalue weighted by Crippen LogP contribution is -2.25. The van der Waals surface area contributed by atoms with Crippen LogP contribution in [0.5, 0.6) is 0 Å². The monoisotopic (exact) mass is 381 g/mol. The fourth-order valence-corrected chi connectivity index (χ4v) is 3.60. The first kappa shape index (κ1) is 16.8. The van der Waals surface area contributed by atoms with Gasteiger partial charge in [-0.25, -0.2) is 9.67 Å². The van der Waals surface area contributed by atoms with Gasteiger partial charge in [-0.1, -0.05) is 29.5 Å². The van der Waals surface area contributed by atoms with Crippen LogP contribution < -0.4 is 10.9 Å². The third-order valence-corrected chi connectivity index (χ3v) is 4.91. The molecular formula is C17H11N5O4S. The van der Waals surface area contributed by atoms with Crippen molar-refractivity contribution in [2.24, 2.45) is 7.05 Å². The number of nitrogens with zero attached hydrogens (tertiary/aromatic N) is 4. The second kappa shape index (κ2) is 6.25. The third-order valence-electron chi connectivity index (χ3n) is 3.97. The Labute approximate surface area is 155 Å². The number of aromatic nitrogens is 3. The number of carbonyl (C=O) groups excluding carboxylic acids is 1. The molecule has 1 amide bonds. The van der Waals surface area contributed by atoms with Crippen molar-refractivity contribution < 1.29 is 9.72 Å². The normalized spacial score (nSPS) is 11.0. The molecule has 0 aliphatic heterocycles.